The first kappa shape index (κ1) is 14.8. The van der Waals surface area contributed by atoms with Crippen molar-refractivity contribution in [3.8, 4) is 0 Å². The lowest BCUT2D eigenvalue weighted by atomic mass is 9.98. The van der Waals surface area contributed by atoms with Gasteiger partial charge >= 0.3 is 12.0 Å². The summed E-state index contributed by atoms with van der Waals surface area (Å²) in [5, 5.41) is 12.0. The molecule has 1 rings (SSSR count). The number of piperidine rings is 1. The molecule has 1 heterocycles. The van der Waals surface area contributed by atoms with Crippen LogP contribution in [-0.2, 0) is 4.79 Å². The summed E-state index contributed by atoms with van der Waals surface area (Å²) in [5.74, 6) is -1.20. The fourth-order valence-corrected chi connectivity index (χ4v) is 2.36. The molecular formula is C13H24N2O3. The molecule has 18 heavy (non-hydrogen) atoms. The lowest BCUT2D eigenvalue weighted by molar-refractivity contribution is -0.143. The second-order valence-corrected chi connectivity index (χ2v) is 4.97. The standard InChI is InChI=1S/C13H24N2O3/c1-3-6-11(4-2)14-13(18)15-8-5-7-10(9-15)12(16)17/h10-11H,3-9H2,1-2H3,(H,14,18)(H,16,17). The molecular weight excluding hydrogens is 232 g/mol. The number of rotatable bonds is 5. The van der Waals surface area contributed by atoms with E-state index in [-0.39, 0.29) is 12.1 Å². The Kier molecular flexibility index (Phi) is 5.95. The van der Waals surface area contributed by atoms with E-state index in [1.54, 1.807) is 4.90 Å². The minimum Gasteiger partial charge on any atom is -0.481 e. The van der Waals surface area contributed by atoms with Gasteiger partial charge in [0.25, 0.3) is 0 Å². The zero-order chi connectivity index (χ0) is 13.5. The van der Waals surface area contributed by atoms with Gasteiger partial charge in [0.15, 0.2) is 0 Å². The molecule has 0 aromatic heterocycles. The third-order valence-corrected chi connectivity index (χ3v) is 3.52. The van der Waals surface area contributed by atoms with E-state index in [9.17, 15) is 9.59 Å². The molecule has 1 aliphatic heterocycles. The van der Waals surface area contributed by atoms with Crippen LogP contribution in [0.15, 0.2) is 0 Å². The molecule has 5 heteroatoms. The lowest BCUT2D eigenvalue weighted by Gasteiger charge is -2.32. The van der Waals surface area contributed by atoms with Crippen molar-refractivity contribution in [1.82, 2.24) is 10.2 Å². The van der Waals surface area contributed by atoms with Crippen LogP contribution in [0.3, 0.4) is 0 Å². The molecule has 2 unspecified atom stereocenters. The van der Waals surface area contributed by atoms with Crippen molar-refractivity contribution >= 4 is 12.0 Å². The number of urea groups is 1. The van der Waals surface area contributed by atoms with Gasteiger partial charge in [-0.25, -0.2) is 4.79 Å². The van der Waals surface area contributed by atoms with Crippen molar-refractivity contribution in [3.05, 3.63) is 0 Å². The van der Waals surface area contributed by atoms with Crippen LogP contribution < -0.4 is 5.32 Å². The summed E-state index contributed by atoms with van der Waals surface area (Å²) >= 11 is 0. The Balaban J connectivity index is 2.47. The highest BCUT2D eigenvalue weighted by molar-refractivity contribution is 5.76. The Labute approximate surface area is 109 Å². The molecule has 0 saturated carbocycles. The largest absolute Gasteiger partial charge is 0.481 e. The highest BCUT2D eigenvalue weighted by atomic mass is 16.4. The van der Waals surface area contributed by atoms with E-state index in [4.69, 9.17) is 5.11 Å². The first-order valence-corrected chi connectivity index (χ1v) is 6.86. The third-order valence-electron chi connectivity index (χ3n) is 3.52. The predicted octanol–water partition coefficient (Wildman–Crippen LogP) is 2.07. The minimum atomic E-state index is -0.798. The molecule has 0 radical (unpaired) electrons. The van der Waals surface area contributed by atoms with E-state index in [1.807, 2.05) is 0 Å². The number of amides is 2. The van der Waals surface area contributed by atoms with Crippen LogP contribution in [0, 0.1) is 5.92 Å². The van der Waals surface area contributed by atoms with Gasteiger partial charge in [0.2, 0.25) is 0 Å². The Hall–Kier alpha value is -1.26. The van der Waals surface area contributed by atoms with Gasteiger partial charge in [-0.3, -0.25) is 4.79 Å². The molecule has 2 amide bonds. The van der Waals surface area contributed by atoms with Gasteiger partial charge in [0.1, 0.15) is 0 Å². The number of nitrogens with one attached hydrogen (secondary N) is 1. The molecule has 0 bridgehead atoms. The maximum absolute atomic E-state index is 12.0. The van der Waals surface area contributed by atoms with Crippen molar-refractivity contribution < 1.29 is 14.7 Å². The Morgan fingerprint density at radius 2 is 2.17 bits per heavy atom. The molecule has 104 valence electrons. The summed E-state index contributed by atoms with van der Waals surface area (Å²) in [6.07, 6.45) is 4.37. The molecule has 5 nitrogen and oxygen atoms in total. The average molecular weight is 256 g/mol. The number of carboxylic acids is 1. The molecule has 0 spiro atoms. The van der Waals surface area contributed by atoms with Gasteiger partial charge in [0.05, 0.1) is 5.92 Å². The summed E-state index contributed by atoms with van der Waals surface area (Å²) in [4.78, 5) is 24.6. The zero-order valence-electron chi connectivity index (χ0n) is 11.3. The molecule has 1 saturated heterocycles. The number of hydrogen-bond donors (Lipinski definition) is 2. The fraction of sp³-hybridized carbons (Fsp3) is 0.846. The number of hydrogen-bond acceptors (Lipinski definition) is 2. The van der Waals surface area contributed by atoms with Gasteiger partial charge in [-0.15, -0.1) is 0 Å². The quantitative estimate of drug-likeness (QED) is 0.791. The third kappa shape index (κ3) is 4.20. The summed E-state index contributed by atoms with van der Waals surface area (Å²) in [7, 11) is 0. The number of carboxylic acid groups (broad SMARTS) is 1. The summed E-state index contributed by atoms with van der Waals surface area (Å²) < 4.78 is 0. The van der Waals surface area contributed by atoms with Crippen LogP contribution in [0.25, 0.3) is 0 Å². The number of aliphatic carboxylic acids is 1. The van der Waals surface area contributed by atoms with Crippen LogP contribution in [0.2, 0.25) is 0 Å². The summed E-state index contributed by atoms with van der Waals surface area (Å²) in [5.41, 5.74) is 0. The molecule has 2 atom stereocenters. The van der Waals surface area contributed by atoms with Crippen molar-refractivity contribution in [1.29, 1.82) is 0 Å². The number of likely N-dealkylation sites (tertiary alicyclic amines) is 1. The molecule has 0 aromatic carbocycles. The van der Waals surface area contributed by atoms with Gasteiger partial charge in [-0.1, -0.05) is 20.3 Å². The van der Waals surface area contributed by atoms with E-state index in [0.29, 0.717) is 19.5 Å². The Morgan fingerprint density at radius 3 is 2.72 bits per heavy atom. The monoisotopic (exact) mass is 256 g/mol. The average Bonchev–Trinajstić information content (AvgIpc) is 2.38. The van der Waals surface area contributed by atoms with Gasteiger partial charge in [-0.05, 0) is 25.7 Å². The lowest BCUT2D eigenvalue weighted by Crippen LogP contribution is -2.49. The van der Waals surface area contributed by atoms with E-state index in [2.05, 4.69) is 19.2 Å². The van der Waals surface area contributed by atoms with Crippen LogP contribution in [-0.4, -0.2) is 41.1 Å². The van der Waals surface area contributed by atoms with Crippen molar-refractivity contribution in [2.24, 2.45) is 5.92 Å². The summed E-state index contributed by atoms with van der Waals surface area (Å²) in [6, 6.07) is 0.0916. The van der Waals surface area contributed by atoms with Crippen molar-refractivity contribution in [3.63, 3.8) is 0 Å². The van der Waals surface area contributed by atoms with Crippen LogP contribution in [0.5, 0.6) is 0 Å². The maximum Gasteiger partial charge on any atom is 0.317 e. The van der Waals surface area contributed by atoms with Gasteiger partial charge < -0.3 is 15.3 Å². The molecule has 2 N–H and O–H groups in total. The van der Waals surface area contributed by atoms with E-state index in [0.717, 1.165) is 25.7 Å². The first-order chi connectivity index (χ1) is 8.58. The van der Waals surface area contributed by atoms with Gasteiger partial charge in [-0.2, -0.15) is 0 Å². The minimum absolute atomic E-state index is 0.110. The van der Waals surface area contributed by atoms with Gasteiger partial charge in [0, 0.05) is 19.1 Å². The molecule has 0 aliphatic carbocycles. The van der Waals surface area contributed by atoms with E-state index < -0.39 is 11.9 Å². The maximum atomic E-state index is 12.0. The molecule has 0 aromatic rings. The fourth-order valence-electron chi connectivity index (χ4n) is 2.36. The summed E-state index contributed by atoms with van der Waals surface area (Å²) in [6.45, 7) is 5.15. The number of carbonyl (C=O) groups excluding carboxylic acids is 1. The van der Waals surface area contributed by atoms with E-state index >= 15 is 0 Å². The smallest absolute Gasteiger partial charge is 0.317 e. The highest BCUT2D eigenvalue weighted by Gasteiger charge is 2.28. The topological polar surface area (TPSA) is 69.6 Å². The van der Waals surface area contributed by atoms with Crippen LogP contribution in [0.4, 0.5) is 4.79 Å². The predicted molar refractivity (Wildman–Crippen MR) is 69.5 cm³/mol. The van der Waals surface area contributed by atoms with Crippen LogP contribution >= 0.6 is 0 Å². The molecule has 1 aliphatic rings. The number of carbonyl (C=O) groups is 2. The molecule has 1 fully saturated rings. The first-order valence-electron chi connectivity index (χ1n) is 6.86. The highest BCUT2D eigenvalue weighted by Crippen LogP contribution is 2.17. The van der Waals surface area contributed by atoms with Crippen molar-refractivity contribution in [2.45, 2.75) is 52.0 Å². The van der Waals surface area contributed by atoms with Crippen molar-refractivity contribution in [2.75, 3.05) is 13.1 Å². The number of nitrogens with zero attached hydrogens (tertiary/aromatic N) is 1. The Bertz CT molecular complexity index is 294. The van der Waals surface area contributed by atoms with E-state index in [1.165, 1.54) is 0 Å². The Morgan fingerprint density at radius 1 is 1.44 bits per heavy atom. The second kappa shape index (κ2) is 7.24. The SMILES string of the molecule is CCCC(CC)NC(=O)N1CCCC(C(=O)O)C1. The van der Waals surface area contributed by atoms with Crippen LogP contribution in [0.1, 0.15) is 46.0 Å². The second-order valence-electron chi connectivity index (χ2n) is 4.97. The zero-order valence-corrected chi connectivity index (χ0v) is 11.3. The normalized spacial score (nSPS) is 21.4.